The van der Waals surface area contributed by atoms with E-state index in [0.29, 0.717) is 11.7 Å². The maximum atomic E-state index is 13.7. The Balaban J connectivity index is 1.54. The van der Waals surface area contributed by atoms with Crippen LogP contribution in [0.25, 0.3) is 0 Å². The minimum atomic E-state index is -0.745. The maximum absolute atomic E-state index is 13.7. The van der Waals surface area contributed by atoms with Gasteiger partial charge in [-0.3, -0.25) is 14.9 Å². The van der Waals surface area contributed by atoms with E-state index in [1.165, 1.54) is 37.7 Å². The molecule has 0 spiro atoms. The number of anilines is 1. The van der Waals surface area contributed by atoms with Crippen LogP contribution in [0.15, 0.2) is 42.5 Å². The van der Waals surface area contributed by atoms with Crippen molar-refractivity contribution < 1.29 is 18.8 Å². The second-order valence-corrected chi connectivity index (χ2v) is 6.66. The fourth-order valence-electron chi connectivity index (χ4n) is 3.33. The van der Waals surface area contributed by atoms with E-state index in [1.807, 2.05) is 24.3 Å². The Morgan fingerprint density at radius 1 is 1.15 bits per heavy atom. The van der Waals surface area contributed by atoms with Gasteiger partial charge in [0.15, 0.2) is 6.61 Å². The molecule has 2 aromatic carbocycles. The van der Waals surface area contributed by atoms with E-state index in [1.54, 1.807) is 0 Å². The van der Waals surface area contributed by atoms with Crippen molar-refractivity contribution in [3.63, 3.8) is 0 Å². The molecule has 7 heteroatoms. The van der Waals surface area contributed by atoms with E-state index < -0.39 is 16.6 Å². The first-order valence-corrected chi connectivity index (χ1v) is 8.99. The first kappa shape index (κ1) is 18.8. The molecule has 0 aromatic heterocycles. The molecule has 0 saturated heterocycles. The number of ether oxygens (including phenoxy) is 1. The number of amides is 1. The Hall–Kier alpha value is -2.96. The van der Waals surface area contributed by atoms with Crippen LogP contribution in [0.2, 0.25) is 0 Å². The molecule has 0 aliphatic heterocycles. The van der Waals surface area contributed by atoms with Crippen LogP contribution < -0.4 is 10.1 Å². The molecular formula is C20H21FN2O4. The van der Waals surface area contributed by atoms with Crippen LogP contribution in [0.3, 0.4) is 0 Å². The van der Waals surface area contributed by atoms with Gasteiger partial charge in [0.2, 0.25) is 0 Å². The van der Waals surface area contributed by atoms with Crippen molar-refractivity contribution in [2.24, 2.45) is 0 Å². The highest BCUT2D eigenvalue weighted by Gasteiger charge is 2.16. The van der Waals surface area contributed by atoms with Crippen LogP contribution in [0.5, 0.6) is 5.75 Å². The second kappa shape index (κ2) is 8.62. The average Bonchev–Trinajstić information content (AvgIpc) is 2.69. The Kier molecular flexibility index (Phi) is 6.01. The van der Waals surface area contributed by atoms with E-state index in [-0.39, 0.29) is 18.0 Å². The maximum Gasteiger partial charge on any atom is 0.271 e. The van der Waals surface area contributed by atoms with Crippen molar-refractivity contribution in [2.75, 3.05) is 11.9 Å². The molecule has 1 N–H and O–H groups in total. The monoisotopic (exact) mass is 372 g/mol. The number of carbonyl (C=O) groups excluding carboxylic acids is 1. The molecule has 2 aromatic rings. The summed E-state index contributed by atoms with van der Waals surface area (Å²) >= 11 is 0. The summed E-state index contributed by atoms with van der Waals surface area (Å²) in [6.07, 6.45) is 6.24. The predicted octanol–water partition coefficient (Wildman–Crippen LogP) is 4.80. The number of nitrogens with one attached hydrogen (secondary N) is 1. The van der Waals surface area contributed by atoms with Gasteiger partial charge < -0.3 is 10.1 Å². The highest BCUT2D eigenvalue weighted by Crippen LogP contribution is 2.33. The van der Waals surface area contributed by atoms with Gasteiger partial charge in [-0.1, -0.05) is 31.4 Å². The van der Waals surface area contributed by atoms with Crippen LogP contribution in [0.1, 0.15) is 43.6 Å². The van der Waals surface area contributed by atoms with Crippen LogP contribution in [0.4, 0.5) is 15.8 Å². The van der Waals surface area contributed by atoms with Crippen LogP contribution in [-0.2, 0) is 4.79 Å². The molecule has 1 amide bonds. The van der Waals surface area contributed by atoms with Gasteiger partial charge in [0, 0.05) is 12.1 Å². The summed E-state index contributed by atoms with van der Waals surface area (Å²) in [5, 5.41) is 13.0. The molecule has 3 rings (SSSR count). The third-order valence-corrected chi connectivity index (χ3v) is 4.76. The van der Waals surface area contributed by atoms with Gasteiger partial charge in [0.1, 0.15) is 11.6 Å². The van der Waals surface area contributed by atoms with Gasteiger partial charge in [0.05, 0.1) is 10.6 Å². The van der Waals surface area contributed by atoms with E-state index in [9.17, 15) is 19.3 Å². The van der Waals surface area contributed by atoms with Crippen molar-refractivity contribution in [2.45, 2.75) is 38.0 Å². The molecule has 6 nitrogen and oxygen atoms in total. The average molecular weight is 372 g/mol. The van der Waals surface area contributed by atoms with Crippen molar-refractivity contribution in [3.8, 4) is 5.75 Å². The summed E-state index contributed by atoms with van der Waals surface area (Å²) in [5.74, 6) is -0.200. The Morgan fingerprint density at radius 2 is 1.85 bits per heavy atom. The lowest BCUT2D eigenvalue weighted by Crippen LogP contribution is -2.20. The summed E-state index contributed by atoms with van der Waals surface area (Å²) in [5.41, 5.74) is 0.738. The molecule has 27 heavy (non-hydrogen) atoms. The van der Waals surface area contributed by atoms with E-state index >= 15 is 0 Å². The Morgan fingerprint density at radius 3 is 2.52 bits per heavy atom. The van der Waals surface area contributed by atoms with Gasteiger partial charge >= 0.3 is 0 Å². The quantitative estimate of drug-likeness (QED) is 0.583. The first-order chi connectivity index (χ1) is 13.0. The summed E-state index contributed by atoms with van der Waals surface area (Å²) in [6.45, 7) is -0.315. The number of nitrogens with zero attached hydrogens (tertiary/aromatic N) is 1. The molecular weight excluding hydrogens is 351 g/mol. The zero-order chi connectivity index (χ0) is 19.2. The molecule has 1 fully saturated rings. The third-order valence-electron chi connectivity index (χ3n) is 4.76. The molecule has 142 valence electrons. The van der Waals surface area contributed by atoms with E-state index in [0.717, 1.165) is 18.2 Å². The van der Waals surface area contributed by atoms with E-state index in [4.69, 9.17) is 4.74 Å². The highest BCUT2D eigenvalue weighted by atomic mass is 19.1. The summed E-state index contributed by atoms with van der Waals surface area (Å²) in [7, 11) is 0. The predicted molar refractivity (Wildman–Crippen MR) is 99.4 cm³/mol. The lowest BCUT2D eigenvalue weighted by molar-refractivity contribution is -0.384. The van der Waals surface area contributed by atoms with Crippen LogP contribution >= 0.6 is 0 Å². The molecule has 0 bridgehead atoms. The number of nitro benzene ring substituents is 1. The highest BCUT2D eigenvalue weighted by molar-refractivity contribution is 5.92. The van der Waals surface area contributed by atoms with Crippen molar-refractivity contribution in [3.05, 3.63) is 64.0 Å². The van der Waals surface area contributed by atoms with Crippen LogP contribution in [0, 0.1) is 15.9 Å². The summed E-state index contributed by atoms with van der Waals surface area (Å²) < 4.78 is 19.1. The SMILES string of the molecule is O=C(COc1ccc(C2CCCCC2)cc1)Nc1cc([N+](=O)[O-])ccc1F. The Labute approximate surface area is 156 Å². The molecule has 1 aliphatic rings. The number of non-ortho nitro benzene ring substituents is 1. The fraction of sp³-hybridized carbons (Fsp3) is 0.350. The van der Waals surface area contributed by atoms with Crippen molar-refractivity contribution >= 4 is 17.3 Å². The van der Waals surface area contributed by atoms with Crippen molar-refractivity contribution in [1.29, 1.82) is 0 Å². The minimum absolute atomic E-state index is 0.245. The van der Waals surface area contributed by atoms with Gasteiger partial charge in [-0.15, -0.1) is 0 Å². The molecule has 0 heterocycles. The molecule has 0 atom stereocenters. The van der Waals surface area contributed by atoms with Crippen LogP contribution in [-0.4, -0.2) is 17.4 Å². The fourth-order valence-corrected chi connectivity index (χ4v) is 3.33. The minimum Gasteiger partial charge on any atom is -0.484 e. The normalized spacial score (nSPS) is 14.6. The first-order valence-electron chi connectivity index (χ1n) is 8.99. The molecule has 0 radical (unpaired) electrons. The molecule has 0 unspecified atom stereocenters. The van der Waals surface area contributed by atoms with Gasteiger partial charge in [-0.2, -0.15) is 0 Å². The number of nitro groups is 1. The lowest BCUT2D eigenvalue weighted by atomic mass is 9.84. The topological polar surface area (TPSA) is 81.5 Å². The largest absolute Gasteiger partial charge is 0.484 e. The molecule has 1 aliphatic carbocycles. The van der Waals surface area contributed by atoms with Crippen molar-refractivity contribution in [1.82, 2.24) is 0 Å². The zero-order valence-corrected chi connectivity index (χ0v) is 14.8. The number of carbonyl (C=O) groups is 1. The van der Waals surface area contributed by atoms with Gasteiger partial charge in [-0.05, 0) is 42.5 Å². The zero-order valence-electron chi connectivity index (χ0n) is 14.8. The summed E-state index contributed by atoms with van der Waals surface area (Å²) in [6, 6.07) is 10.6. The summed E-state index contributed by atoms with van der Waals surface area (Å²) in [4.78, 5) is 22.1. The number of hydrogen-bond donors (Lipinski definition) is 1. The van der Waals surface area contributed by atoms with E-state index in [2.05, 4.69) is 5.32 Å². The number of hydrogen-bond acceptors (Lipinski definition) is 4. The Bertz CT molecular complexity index is 817. The number of halogens is 1. The molecule has 1 saturated carbocycles. The lowest BCUT2D eigenvalue weighted by Gasteiger charge is -2.22. The standard InChI is InChI=1S/C20H21FN2O4/c21-18-11-8-16(23(25)26)12-19(18)22-20(24)13-27-17-9-6-15(7-10-17)14-4-2-1-3-5-14/h6-12,14H,1-5,13H2,(H,22,24). The number of rotatable bonds is 6. The van der Waals surface area contributed by atoms with Gasteiger partial charge in [-0.25, -0.2) is 4.39 Å². The number of benzene rings is 2. The smallest absolute Gasteiger partial charge is 0.271 e. The van der Waals surface area contributed by atoms with Gasteiger partial charge in [0.25, 0.3) is 11.6 Å². The second-order valence-electron chi connectivity index (χ2n) is 6.66. The third kappa shape index (κ3) is 5.03.